The summed E-state index contributed by atoms with van der Waals surface area (Å²) in [7, 11) is 0. The molecule has 0 atom stereocenters. The van der Waals surface area contributed by atoms with Gasteiger partial charge in [-0.15, -0.1) is 10.2 Å². The molecule has 2 aromatic heterocycles. The minimum atomic E-state index is -0.521. The van der Waals surface area contributed by atoms with E-state index in [2.05, 4.69) is 15.4 Å². The first-order valence-corrected chi connectivity index (χ1v) is 7.21. The zero-order chi connectivity index (χ0) is 17.0. The molecule has 0 fully saturated rings. The molecule has 0 amide bonds. The Morgan fingerprint density at radius 1 is 1.43 bits per heavy atom. The van der Waals surface area contributed by atoms with Gasteiger partial charge >= 0.3 is 0 Å². The number of aryl methyl sites for hydroxylation is 1. The van der Waals surface area contributed by atoms with Crippen LogP contribution < -0.4 is 5.56 Å². The van der Waals surface area contributed by atoms with Gasteiger partial charge in [0.2, 0.25) is 11.7 Å². The van der Waals surface area contributed by atoms with Crippen molar-refractivity contribution in [2.45, 2.75) is 40.2 Å². The summed E-state index contributed by atoms with van der Waals surface area (Å²) in [6.07, 6.45) is 1.54. The van der Waals surface area contributed by atoms with Crippen molar-refractivity contribution in [2.24, 2.45) is 10.2 Å². The third-order valence-corrected chi connectivity index (χ3v) is 3.37. The van der Waals surface area contributed by atoms with Gasteiger partial charge in [0.1, 0.15) is 17.4 Å². The molecule has 8 heteroatoms. The van der Waals surface area contributed by atoms with E-state index in [1.807, 2.05) is 13.0 Å². The second-order valence-corrected chi connectivity index (χ2v) is 5.09. The molecule has 0 aliphatic heterocycles. The van der Waals surface area contributed by atoms with Crippen LogP contribution in [0.15, 0.2) is 25.6 Å². The highest BCUT2D eigenvalue weighted by Gasteiger charge is 2.19. The molecule has 0 radical (unpaired) electrons. The summed E-state index contributed by atoms with van der Waals surface area (Å²) in [5.74, 6) is 0.514. The lowest BCUT2D eigenvalue weighted by Crippen LogP contribution is -2.23. The Balaban J connectivity index is 2.56. The fourth-order valence-corrected chi connectivity index (χ4v) is 2.08. The second-order valence-electron chi connectivity index (χ2n) is 5.09. The van der Waals surface area contributed by atoms with Crippen LogP contribution in [0.25, 0.3) is 0 Å². The molecule has 23 heavy (non-hydrogen) atoms. The Kier molecular flexibility index (Phi) is 4.91. The highest BCUT2D eigenvalue weighted by atomic mass is 16.5. The first kappa shape index (κ1) is 16.4. The Labute approximate surface area is 132 Å². The molecule has 0 spiro atoms. The fraction of sp³-hybridized carbons (Fsp3) is 0.400. The Morgan fingerprint density at radius 2 is 2.17 bits per heavy atom. The van der Waals surface area contributed by atoms with Gasteiger partial charge in [-0.2, -0.15) is 5.26 Å². The predicted molar refractivity (Wildman–Crippen MR) is 82.1 cm³/mol. The summed E-state index contributed by atoms with van der Waals surface area (Å²) in [5, 5.41) is 31.0. The van der Waals surface area contributed by atoms with Crippen LogP contribution in [0.2, 0.25) is 0 Å². The number of nitriles is 1. The molecule has 0 unspecified atom stereocenters. The number of aromatic nitrogens is 2. The largest absolute Gasteiger partial charge is 0.493 e. The molecule has 2 aromatic rings. The third-order valence-electron chi connectivity index (χ3n) is 3.37. The van der Waals surface area contributed by atoms with Gasteiger partial charge in [-0.05, 0) is 20.3 Å². The van der Waals surface area contributed by atoms with Crippen molar-refractivity contribution in [1.82, 2.24) is 9.72 Å². The zero-order valence-corrected chi connectivity index (χ0v) is 13.2. The normalized spacial score (nSPS) is 11.0. The van der Waals surface area contributed by atoms with Crippen LogP contribution in [0.5, 0.6) is 5.88 Å². The van der Waals surface area contributed by atoms with Crippen molar-refractivity contribution in [3.05, 3.63) is 33.3 Å². The SMILES string of the molecule is CCCCn1c(O)c(N=Nc2cc(C)on2)c(C)c(C#N)c1=O. The van der Waals surface area contributed by atoms with Gasteiger partial charge in [-0.3, -0.25) is 9.36 Å². The number of rotatable bonds is 5. The second kappa shape index (κ2) is 6.87. The van der Waals surface area contributed by atoms with E-state index in [-0.39, 0.29) is 28.5 Å². The van der Waals surface area contributed by atoms with Crippen molar-refractivity contribution < 1.29 is 9.63 Å². The van der Waals surface area contributed by atoms with E-state index in [0.29, 0.717) is 18.7 Å². The van der Waals surface area contributed by atoms with E-state index in [1.165, 1.54) is 0 Å². The fourth-order valence-electron chi connectivity index (χ4n) is 2.08. The molecule has 120 valence electrons. The van der Waals surface area contributed by atoms with Crippen molar-refractivity contribution in [3.63, 3.8) is 0 Å². The van der Waals surface area contributed by atoms with Crippen molar-refractivity contribution in [1.29, 1.82) is 5.26 Å². The highest BCUT2D eigenvalue weighted by molar-refractivity contribution is 5.59. The van der Waals surface area contributed by atoms with Gasteiger partial charge in [-0.25, -0.2) is 0 Å². The van der Waals surface area contributed by atoms with Crippen LogP contribution in [0.4, 0.5) is 11.5 Å². The number of hydrogen-bond donors (Lipinski definition) is 1. The summed E-state index contributed by atoms with van der Waals surface area (Å²) in [6, 6.07) is 3.45. The molecule has 0 saturated heterocycles. The Bertz CT molecular complexity index is 842. The lowest BCUT2D eigenvalue weighted by molar-refractivity contribution is 0.398. The minimum Gasteiger partial charge on any atom is -0.493 e. The Morgan fingerprint density at radius 3 is 2.74 bits per heavy atom. The molecular formula is C15H17N5O3. The maximum atomic E-state index is 12.3. The number of hydrogen-bond acceptors (Lipinski definition) is 7. The van der Waals surface area contributed by atoms with Crippen molar-refractivity contribution >= 4 is 11.5 Å². The minimum absolute atomic E-state index is 0.0517. The van der Waals surface area contributed by atoms with Gasteiger partial charge in [-0.1, -0.05) is 18.5 Å². The van der Waals surface area contributed by atoms with Crippen LogP contribution in [-0.4, -0.2) is 14.8 Å². The molecule has 8 nitrogen and oxygen atoms in total. The molecular weight excluding hydrogens is 298 g/mol. The lowest BCUT2D eigenvalue weighted by Gasteiger charge is -2.12. The van der Waals surface area contributed by atoms with E-state index in [9.17, 15) is 15.2 Å². The summed E-state index contributed by atoms with van der Waals surface area (Å²) >= 11 is 0. The molecule has 0 aliphatic carbocycles. The summed E-state index contributed by atoms with van der Waals surface area (Å²) in [6.45, 7) is 5.54. The first-order chi connectivity index (χ1) is 11.0. The van der Waals surface area contributed by atoms with Crippen LogP contribution in [-0.2, 0) is 6.54 Å². The van der Waals surface area contributed by atoms with Crippen LogP contribution in [0, 0.1) is 25.2 Å². The van der Waals surface area contributed by atoms with E-state index in [4.69, 9.17) is 4.52 Å². The number of pyridine rings is 1. The number of aromatic hydroxyl groups is 1. The molecule has 0 aliphatic rings. The smallest absolute Gasteiger partial charge is 0.271 e. The van der Waals surface area contributed by atoms with Gasteiger partial charge < -0.3 is 9.63 Å². The van der Waals surface area contributed by atoms with E-state index in [0.717, 1.165) is 11.0 Å². The molecule has 2 rings (SSSR count). The topological polar surface area (TPSA) is 117 Å². The van der Waals surface area contributed by atoms with Gasteiger partial charge in [0.15, 0.2) is 5.69 Å². The monoisotopic (exact) mass is 315 g/mol. The van der Waals surface area contributed by atoms with E-state index in [1.54, 1.807) is 19.9 Å². The molecule has 2 heterocycles. The highest BCUT2D eigenvalue weighted by Crippen LogP contribution is 2.32. The van der Waals surface area contributed by atoms with Crippen molar-refractivity contribution in [3.8, 4) is 11.9 Å². The molecule has 1 N–H and O–H groups in total. The first-order valence-electron chi connectivity index (χ1n) is 7.21. The van der Waals surface area contributed by atoms with Gasteiger partial charge in [0.25, 0.3) is 5.56 Å². The van der Waals surface area contributed by atoms with Gasteiger partial charge in [0, 0.05) is 18.2 Å². The Hall–Kier alpha value is -2.95. The quantitative estimate of drug-likeness (QED) is 0.850. The standard InChI is InChI=1S/C15H17N5O3/c1-4-5-6-20-14(21)11(8-16)10(3)13(15(20)22)18-17-12-7-9(2)23-19-12/h7,22H,4-6H2,1-3H3. The van der Waals surface area contributed by atoms with E-state index < -0.39 is 5.56 Å². The predicted octanol–water partition coefficient (Wildman–Crippen LogP) is 3.25. The third kappa shape index (κ3) is 3.29. The summed E-state index contributed by atoms with van der Waals surface area (Å²) < 4.78 is 6.03. The average molecular weight is 315 g/mol. The van der Waals surface area contributed by atoms with E-state index >= 15 is 0 Å². The molecule has 0 bridgehead atoms. The van der Waals surface area contributed by atoms with Gasteiger partial charge in [0.05, 0.1) is 0 Å². The number of unbranched alkanes of at least 4 members (excludes halogenated alkanes) is 1. The average Bonchev–Trinajstić information content (AvgIpc) is 2.93. The number of azo groups is 1. The maximum Gasteiger partial charge on any atom is 0.271 e. The molecule has 0 saturated carbocycles. The summed E-state index contributed by atoms with van der Waals surface area (Å²) in [4.78, 5) is 12.3. The summed E-state index contributed by atoms with van der Waals surface area (Å²) in [5.41, 5.74) is -0.207. The molecule has 0 aromatic carbocycles. The maximum absolute atomic E-state index is 12.3. The van der Waals surface area contributed by atoms with Crippen LogP contribution in [0.1, 0.15) is 36.7 Å². The lowest BCUT2D eigenvalue weighted by atomic mass is 10.1. The van der Waals surface area contributed by atoms with Crippen molar-refractivity contribution in [2.75, 3.05) is 0 Å². The van der Waals surface area contributed by atoms with Crippen LogP contribution >= 0.6 is 0 Å². The zero-order valence-electron chi connectivity index (χ0n) is 13.2. The number of nitrogens with zero attached hydrogens (tertiary/aromatic N) is 5. The van der Waals surface area contributed by atoms with Crippen LogP contribution in [0.3, 0.4) is 0 Å².